The summed E-state index contributed by atoms with van der Waals surface area (Å²) in [6, 6.07) is 18.2. The summed E-state index contributed by atoms with van der Waals surface area (Å²) in [5.74, 6) is 1.42. The Balaban J connectivity index is 1.59. The van der Waals surface area contributed by atoms with Crippen molar-refractivity contribution in [1.29, 1.82) is 0 Å². The molecule has 2 aliphatic carbocycles. The van der Waals surface area contributed by atoms with Crippen LogP contribution in [0.5, 0.6) is 0 Å². The summed E-state index contributed by atoms with van der Waals surface area (Å²) in [7, 11) is 0. The average molecular weight is 371 g/mol. The van der Waals surface area contributed by atoms with E-state index in [0.717, 1.165) is 12.8 Å². The van der Waals surface area contributed by atoms with Crippen molar-refractivity contribution in [2.24, 2.45) is 11.8 Å². The molecule has 0 heteroatoms. The lowest BCUT2D eigenvalue weighted by Gasteiger charge is -2.14. The summed E-state index contributed by atoms with van der Waals surface area (Å²) in [5, 5.41) is 0. The molecule has 2 aliphatic rings. The molecule has 4 rings (SSSR count). The van der Waals surface area contributed by atoms with Crippen LogP contribution in [0.15, 0.2) is 59.7 Å². The molecule has 0 saturated carbocycles. The first kappa shape index (κ1) is 19.2. The van der Waals surface area contributed by atoms with Crippen LogP contribution >= 0.6 is 0 Å². The Labute approximate surface area is 171 Å². The first-order valence-corrected chi connectivity index (χ1v) is 11.1. The van der Waals surface area contributed by atoms with E-state index >= 15 is 0 Å². The predicted molar refractivity (Wildman–Crippen MR) is 122 cm³/mol. The Bertz CT molecular complexity index is 843. The van der Waals surface area contributed by atoms with Gasteiger partial charge in [-0.05, 0) is 83.8 Å². The summed E-state index contributed by atoms with van der Waals surface area (Å²) in [6.07, 6.45) is 7.20. The van der Waals surface area contributed by atoms with Crippen LogP contribution in [-0.4, -0.2) is 0 Å². The van der Waals surface area contributed by atoms with E-state index in [4.69, 9.17) is 0 Å². The molecule has 0 atom stereocenters. The van der Waals surface area contributed by atoms with E-state index in [2.05, 4.69) is 76.2 Å². The predicted octanol–water partition coefficient (Wildman–Crippen LogP) is 7.88. The Kier molecular flexibility index (Phi) is 5.58. The SMILES string of the molecule is CC(C)CC1=C(CCC2=C(CC(C)C)c3ccccc3C2)Cc2ccccc21. The lowest BCUT2D eigenvalue weighted by Crippen LogP contribution is -1.96. The topological polar surface area (TPSA) is 0 Å². The molecule has 0 unspecified atom stereocenters. The Morgan fingerprint density at radius 3 is 1.39 bits per heavy atom. The second kappa shape index (κ2) is 8.11. The Morgan fingerprint density at radius 1 is 0.607 bits per heavy atom. The van der Waals surface area contributed by atoms with Gasteiger partial charge in [-0.25, -0.2) is 0 Å². The van der Waals surface area contributed by atoms with Crippen LogP contribution in [0.2, 0.25) is 0 Å². The van der Waals surface area contributed by atoms with Crippen LogP contribution in [0, 0.1) is 11.8 Å². The maximum atomic E-state index is 2.35. The van der Waals surface area contributed by atoms with E-state index in [0.29, 0.717) is 11.8 Å². The first-order valence-electron chi connectivity index (χ1n) is 11.1. The summed E-state index contributed by atoms with van der Waals surface area (Å²) in [6.45, 7) is 9.40. The van der Waals surface area contributed by atoms with Gasteiger partial charge in [-0.2, -0.15) is 0 Å². The summed E-state index contributed by atoms with van der Waals surface area (Å²) >= 11 is 0. The van der Waals surface area contributed by atoms with Crippen molar-refractivity contribution in [1.82, 2.24) is 0 Å². The fourth-order valence-corrected chi connectivity index (χ4v) is 5.10. The van der Waals surface area contributed by atoms with Gasteiger partial charge in [0.1, 0.15) is 0 Å². The van der Waals surface area contributed by atoms with Gasteiger partial charge in [-0.1, -0.05) is 87.4 Å². The number of hydrogen-bond acceptors (Lipinski definition) is 0. The van der Waals surface area contributed by atoms with Crippen molar-refractivity contribution < 1.29 is 0 Å². The van der Waals surface area contributed by atoms with Crippen LogP contribution in [0.25, 0.3) is 11.1 Å². The van der Waals surface area contributed by atoms with Crippen LogP contribution in [0.1, 0.15) is 75.6 Å². The molecule has 0 N–H and O–H groups in total. The molecule has 2 aromatic carbocycles. The molecular weight excluding hydrogens is 336 g/mol. The molecule has 0 nitrogen and oxygen atoms in total. The Morgan fingerprint density at radius 2 is 1.00 bits per heavy atom. The lowest BCUT2D eigenvalue weighted by atomic mass is 9.91. The van der Waals surface area contributed by atoms with Gasteiger partial charge in [0.2, 0.25) is 0 Å². The number of hydrogen-bond donors (Lipinski definition) is 0. The van der Waals surface area contributed by atoms with Gasteiger partial charge in [-0.15, -0.1) is 0 Å². The van der Waals surface area contributed by atoms with Crippen molar-refractivity contribution in [3.8, 4) is 0 Å². The van der Waals surface area contributed by atoms with E-state index in [-0.39, 0.29) is 0 Å². The summed E-state index contributed by atoms with van der Waals surface area (Å²) < 4.78 is 0. The van der Waals surface area contributed by atoms with Crippen LogP contribution < -0.4 is 0 Å². The molecule has 0 heterocycles. The molecule has 0 bridgehead atoms. The van der Waals surface area contributed by atoms with Crippen LogP contribution in [0.4, 0.5) is 0 Å². The number of benzene rings is 2. The smallest absolute Gasteiger partial charge is 0.00549 e. The molecule has 0 radical (unpaired) electrons. The molecule has 0 spiro atoms. The molecule has 0 aromatic heterocycles. The standard InChI is InChI=1S/C28H34/c1-19(2)15-27-23(17-21-9-5-7-11-25(21)27)13-14-24-18-22-10-6-8-12-26(22)28(24)16-20(3)4/h5-12,19-20H,13-18H2,1-4H3. The van der Waals surface area contributed by atoms with Crippen molar-refractivity contribution >= 4 is 11.1 Å². The van der Waals surface area contributed by atoms with Gasteiger partial charge < -0.3 is 0 Å². The van der Waals surface area contributed by atoms with Crippen molar-refractivity contribution in [2.45, 2.75) is 66.2 Å². The molecule has 0 fully saturated rings. The quantitative estimate of drug-likeness (QED) is 0.465. The minimum Gasteiger partial charge on any atom is -0.0625 e. The van der Waals surface area contributed by atoms with Gasteiger partial charge >= 0.3 is 0 Å². The van der Waals surface area contributed by atoms with E-state index in [1.165, 1.54) is 36.8 Å². The molecule has 28 heavy (non-hydrogen) atoms. The zero-order chi connectivity index (χ0) is 19.7. The van der Waals surface area contributed by atoms with Crippen molar-refractivity contribution in [3.05, 3.63) is 81.9 Å². The highest BCUT2D eigenvalue weighted by Gasteiger charge is 2.24. The zero-order valence-electron chi connectivity index (χ0n) is 18.0. The normalized spacial score (nSPS) is 15.8. The maximum Gasteiger partial charge on any atom is -0.00549 e. The summed E-state index contributed by atoms with van der Waals surface area (Å²) in [4.78, 5) is 0. The number of rotatable bonds is 7. The van der Waals surface area contributed by atoms with E-state index in [1.807, 2.05) is 0 Å². The molecule has 2 aromatic rings. The van der Waals surface area contributed by atoms with E-state index in [1.54, 1.807) is 33.4 Å². The zero-order valence-corrected chi connectivity index (χ0v) is 18.0. The summed E-state index contributed by atoms with van der Waals surface area (Å²) in [5.41, 5.74) is 12.8. The Hall–Kier alpha value is -2.08. The van der Waals surface area contributed by atoms with Crippen LogP contribution in [-0.2, 0) is 12.8 Å². The third kappa shape index (κ3) is 3.88. The van der Waals surface area contributed by atoms with Gasteiger partial charge in [0, 0.05) is 0 Å². The monoisotopic (exact) mass is 370 g/mol. The van der Waals surface area contributed by atoms with Gasteiger partial charge in [0.25, 0.3) is 0 Å². The molecule has 0 saturated heterocycles. The second-order valence-corrected chi connectivity index (χ2v) is 9.53. The highest BCUT2D eigenvalue weighted by Crippen LogP contribution is 2.42. The van der Waals surface area contributed by atoms with Gasteiger partial charge in [0.05, 0.1) is 0 Å². The highest BCUT2D eigenvalue weighted by molar-refractivity contribution is 5.78. The van der Waals surface area contributed by atoms with Gasteiger partial charge in [-0.3, -0.25) is 0 Å². The minimum atomic E-state index is 0.711. The van der Waals surface area contributed by atoms with E-state index in [9.17, 15) is 0 Å². The molecule has 146 valence electrons. The third-order valence-corrected chi connectivity index (χ3v) is 6.30. The molecular formula is C28H34. The first-order chi connectivity index (χ1) is 13.5. The fourth-order valence-electron chi connectivity index (χ4n) is 5.10. The largest absolute Gasteiger partial charge is 0.0625 e. The lowest BCUT2D eigenvalue weighted by molar-refractivity contribution is 0.668. The van der Waals surface area contributed by atoms with Crippen molar-refractivity contribution in [2.75, 3.05) is 0 Å². The average Bonchev–Trinajstić information content (AvgIpc) is 3.18. The molecule has 0 aliphatic heterocycles. The maximum absolute atomic E-state index is 2.35. The van der Waals surface area contributed by atoms with Crippen molar-refractivity contribution in [3.63, 3.8) is 0 Å². The minimum absolute atomic E-state index is 0.711. The number of allylic oxidation sites excluding steroid dienone is 4. The second-order valence-electron chi connectivity index (χ2n) is 9.53. The van der Waals surface area contributed by atoms with Gasteiger partial charge in [0.15, 0.2) is 0 Å². The number of fused-ring (bicyclic) bond motifs is 2. The third-order valence-electron chi connectivity index (χ3n) is 6.30. The fraction of sp³-hybridized carbons (Fsp3) is 0.429. The highest BCUT2D eigenvalue weighted by atomic mass is 14.3. The van der Waals surface area contributed by atoms with Crippen LogP contribution in [0.3, 0.4) is 0 Å². The molecule has 0 amide bonds. The van der Waals surface area contributed by atoms with E-state index < -0.39 is 0 Å².